The van der Waals surface area contributed by atoms with Crippen LogP contribution in [0.4, 0.5) is 10.5 Å². The molecule has 1 unspecified atom stereocenters. The second-order valence-corrected chi connectivity index (χ2v) is 5.19. The first-order chi connectivity index (χ1) is 10.4. The van der Waals surface area contributed by atoms with Gasteiger partial charge in [0.25, 0.3) is 5.69 Å². The molecule has 1 aromatic carbocycles. The third-order valence-corrected chi connectivity index (χ3v) is 2.98. The Morgan fingerprint density at radius 3 is 2.64 bits per heavy atom. The zero-order valence-corrected chi connectivity index (χ0v) is 12.3. The minimum atomic E-state index is -0.868. The number of hydrogen-bond donors (Lipinski definition) is 0. The first kappa shape index (κ1) is 16.2. The van der Waals surface area contributed by atoms with Gasteiger partial charge in [-0.05, 0) is 26.0 Å². The van der Waals surface area contributed by atoms with Gasteiger partial charge in [0.05, 0.1) is 24.2 Å². The van der Waals surface area contributed by atoms with Crippen molar-refractivity contribution in [3.8, 4) is 5.75 Å². The molecule has 1 atom stereocenters. The summed E-state index contributed by atoms with van der Waals surface area (Å²) in [6, 6.07) is 5.15. The van der Waals surface area contributed by atoms with Crippen molar-refractivity contribution in [2.45, 2.75) is 32.2 Å². The van der Waals surface area contributed by atoms with Crippen LogP contribution in [-0.2, 0) is 14.2 Å². The molecule has 0 aromatic heterocycles. The summed E-state index contributed by atoms with van der Waals surface area (Å²) in [6.07, 6.45) is -0.493. The van der Waals surface area contributed by atoms with Gasteiger partial charge >= 0.3 is 6.16 Å². The Balaban J connectivity index is 1.71. The summed E-state index contributed by atoms with van der Waals surface area (Å²) in [5, 5.41) is 10.5. The molecule has 2 rings (SSSR count). The van der Waals surface area contributed by atoms with Crippen LogP contribution in [0.25, 0.3) is 0 Å². The number of hydrogen-bond acceptors (Lipinski definition) is 7. The van der Waals surface area contributed by atoms with Crippen molar-refractivity contribution in [1.82, 2.24) is 0 Å². The maximum atomic E-state index is 11.5. The molecule has 0 N–H and O–H groups in total. The van der Waals surface area contributed by atoms with E-state index in [2.05, 4.69) is 0 Å². The molecule has 0 spiro atoms. The molecular weight excluding hydrogens is 294 g/mol. The van der Waals surface area contributed by atoms with Gasteiger partial charge in [0.2, 0.25) is 0 Å². The molecule has 0 bridgehead atoms. The molecule has 0 saturated carbocycles. The van der Waals surface area contributed by atoms with Gasteiger partial charge in [0, 0.05) is 18.6 Å². The minimum absolute atomic E-state index is 0.0817. The molecule has 8 heteroatoms. The van der Waals surface area contributed by atoms with Crippen molar-refractivity contribution < 1.29 is 28.7 Å². The fourth-order valence-corrected chi connectivity index (χ4v) is 1.94. The van der Waals surface area contributed by atoms with Crippen LogP contribution in [0.3, 0.4) is 0 Å². The fraction of sp³-hybridized carbons (Fsp3) is 0.500. The molecular formula is C14H17NO7. The van der Waals surface area contributed by atoms with Crippen LogP contribution in [0, 0.1) is 10.1 Å². The first-order valence-electron chi connectivity index (χ1n) is 6.76. The monoisotopic (exact) mass is 311 g/mol. The predicted octanol–water partition coefficient (Wildman–Crippen LogP) is 2.65. The molecule has 22 heavy (non-hydrogen) atoms. The fourth-order valence-electron chi connectivity index (χ4n) is 1.94. The van der Waals surface area contributed by atoms with E-state index in [1.165, 1.54) is 24.3 Å². The Bertz CT molecular complexity index is 541. The lowest BCUT2D eigenvalue weighted by atomic mass is 10.3. The standard InChI is InChI=1S/C14H17NO7/c1-14(2)20-9-12(22-14)7-8-19-13(16)21-11-5-3-10(4-6-11)15(17)18/h3-6,12H,7-9H2,1-2H3. The van der Waals surface area contributed by atoms with Crippen molar-refractivity contribution in [1.29, 1.82) is 0 Å². The topological polar surface area (TPSA) is 97.1 Å². The Morgan fingerprint density at radius 2 is 2.09 bits per heavy atom. The zero-order valence-electron chi connectivity index (χ0n) is 12.3. The number of non-ortho nitro benzene ring substituents is 1. The summed E-state index contributed by atoms with van der Waals surface area (Å²) in [7, 11) is 0. The van der Waals surface area contributed by atoms with Crippen LogP contribution < -0.4 is 4.74 Å². The van der Waals surface area contributed by atoms with Crippen LogP contribution in [0.2, 0.25) is 0 Å². The van der Waals surface area contributed by atoms with Crippen molar-refractivity contribution in [2.24, 2.45) is 0 Å². The van der Waals surface area contributed by atoms with Gasteiger partial charge in [0.15, 0.2) is 5.79 Å². The first-order valence-corrected chi connectivity index (χ1v) is 6.76. The van der Waals surface area contributed by atoms with Crippen molar-refractivity contribution >= 4 is 11.8 Å². The molecule has 1 saturated heterocycles. The molecule has 1 heterocycles. The van der Waals surface area contributed by atoms with Gasteiger partial charge < -0.3 is 18.9 Å². The largest absolute Gasteiger partial charge is 0.513 e. The third-order valence-electron chi connectivity index (χ3n) is 2.98. The highest BCUT2D eigenvalue weighted by molar-refractivity contribution is 5.63. The molecule has 0 amide bonds. The number of carbonyl (C=O) groups is 1. The second kappa shape index (κ2) is 6.71. The van der Waals surface area contributed by atoms with Gasteiger partial charge in [-0.2, -0.15) is 0 Å². The molecule has 1 aliphatic heterocycles. The van der Waals surface area contributed by atoms with E-state index in [1.807, 2.05) is 13.8 Å². The minimum Gasteiger partial charge on any atom is -0.434 e. The van der Waals surface area contributed by atoms with E-state index in [0.29, 0.717) is 13.0 Å². The maximum Gasteiger partial charge on any atom is 0.513 e. The summed E-state index contributed by atoms with van der Waals surface area (Å²) in [5.41, 5.74) is -0.0817. The lowest BCUT2D eigenvalue weighted by Gasteiger charge is -2.16. The van der Waals surface area contributed by atoms with E-state index >= 15 is 0 Å². The van der Waals surface area contributed by atoms with Crippen LogP contribution >= 0.6 is 0 Å². The Kier molecular flexibility index (Phi) is 4.94. The Morgan fingerprint density at radius 1 is 1.41 bits per heavy atom. The Labute approximate surface area is 127 Å². The van der Waals surface area contributed by atoms with Gasteiger partial charge in [-0.15, -0.1) is 0 Å². The molecule has 120 valence electrons. The van der Waals surface area contributed by atoms with Gasteiger partial charge in [-0.25, -0.2) is 4.79 Å². The summed E-state index contributed by atoms with van der Waals surface area (Å²) < 4.78 is 20.8. The average molecular weight is 311 g/mol. The number of benzene rings is 1. The van der Waals surface area contributed by atoms with E-state index < -0.39 is 16.9 Å². The Hall–Kier alpha value is -2.19. The van der Waals surface area contributed by atoms with Gasteiger partial charge in [-0.1, -0.05) is 0 Å². The van der Waals surface area contributed by atoms with Crippen LogP contribution in [-0.4, -0.2) is 36.2 Å². The van der Waals surface area contributed by atoms with E-state index in [9.17, 15) is 14.9 Å². The van der Waals surface area contributed by atoms with Crippen molar-refractivity contribution in [2.75, 3.05) is 13.2 Å². The molecule has 1 aliphatic rings. The van der Waals surface area contributed by atoms with Crippen LogP contribution in [0.5, 0.6) is 5.75 Å². The summed E-state index contributed by atoms with van der Waals surface area (Å²) >= 11 is 0. The zero-order chi connectivity index (χ0) is 16.2. The van der Waals surface area contributed by atoms with Crippen LogP contribution in [0.15, 0.2) is 24.3 Å². The number of ether oxygens (including phenoxy) is 4. The maximum absolute atomic E-state index is 11.5. The van der Waals surface area contributed by atoms with Crippen molar-refractivity contribution in [3.63, 3.8) is 0 Å². The number of nitro groups is 1. The number of carbonyl (C=O) groups excluding carboxylic acids is 1. The number of rotatable bonds is 5. The molecule has 0 radical (unpaired) electrons. The predicted molar refractivity (Wildman–Crippen MR) is 74.6 cm³/mol. The van der Waals surface area contributed by atoms with E-state index in [1.54, 1.807) is 0 Å². The molecule has 1 aromatic rings. The number of nitro benzene ring substituents is 1. The van der Waals surface area contributed by atoms with E-state index in [0.717, 1.165) is 0 Å². The molecule has 1 fully saturated rings. The summed E-state index contributed by atoms with van der Waals surface area (Å²) in [4.78, 5) is 21.4. The summed E-state index contributed by atoms with van der Waals surface area (Å²) in [5.74, 6) is -0.429. The number of nitrogens with zero attached hydrogens (tertiary/aromatic N) is 1. The van der Waals surface area contributed by atoms with Crippen LogP contribution in [0.1, 0.15) is 20.3 Å². The average Bonchev–Trinajstić information content (AvgIpc) is 2.79. The molecule has 8 nitrogen and oxygen atoms in total. The quantitative estimate of drug-likeness (QED) is 0.357. The highest BCUT2D eigenvalue weighted by Gasteiger charge is 2.32. The smallest absolute Gasteiger partial charge is 0.434 e. The van der Waals surface area contributed by atoms with Gasteiger partial charge in [-0.3, -0.25) is 10.1 Å². The molecule has 0 aliphatic carbocycles. The van der Waals surface area contributed by atoms with E-state index in [-0.39, 0.29) is 24.1 Å². The van der Waals surface area contributed by atoms with Gasteiger partial charge in [0.1, 0.15) is 5.75 Å². The normalized spacial score (nSPS) is 19.6. The van der Waals surface area contributed by atoms with E-state index in [4.69, 9.17) is 18.9 Å². The second-order valence-electron chi connectivity index (χ2n) is 5.19. The van der Waals surface area contributed by atoms with Crippen molar-refractivity contribution in [3.05, 3.63) is 34.4 Å². The lowest BCUT2D eigenvalue weighted by Crippen LogP contribution is -2.22. The lowest BCUT2D eigenvalue weighted by molar-refractivity contribution is -0.384. The highest BCUT2D eigenvalue weighted by atomic mass is 16.7. The third kappa shape index (κ3) is 4.68. The summed E-state index contributed by atoms with van der Waals surface area (Å²) in [6.45, 7) is 4.22. The highest BCUT2D eigenvalue weighted by Crippen LogP contribution is 2.24. The SMILES string of the molecule is CC1(C)OCC(CCOC(=O)Oc2ccc([N+](=O)[O-])cc2)O1.